The first kappa shape index (κ1) is 8.17. The van der Waals surface area contributed by atoms with Crippen LogP contribution in [0.4, 0.5) is 0 Å². The second-order valence-electron chi connectivity index (χ2n) is 2.49. The van der Waals surface area contributed by atoms with Crippen LogP contribution in [0.15, 0.2) is 18.3 Å². The van der Waals surface area contributed by atoms with E-state index in [4.69, 9.17) is 10.8 Å². The lowest BCUT2D eigenvalue weighted by atomic mass is 10.1. The van der Waals surface area contributed by atoms with Crippen LogP contribution < -0.4 is 5.73 Å². The van der Waals surface area contributed by atoms with E-state index in [9.17, 15) is 0 Å². The van der Waals surface area contributed by atoms with Crippen molar-refractivity contribution in [2.45, 2.75) is 13.0 Å². The predicted octanol–water partition coefficient (Wildman–Crippen LogP) is 0.382. The van der Waals surface area contributed by atoms with Crippen molar-refractivity contribution >= 4 is 0 Å². The molecule has 0 aliphatic heterocycles. The highest BCUT2D eigenvalue weighted by molar-refractivity contribution is 5.20. The highest BCUT2D eigenvalue weighted by atomic mass is 16.3. The third-order valence-electron chi connectivity index (χ3n) is 1.60. The Labute approximate surface area is 65.9 Å². The van der Waals surface area contributed by atoms with Gasteiger partial charge >= 0.3 is 0 Å². The fraction of sp³-hybridized carbons (Fsp3) is 0.375. The SMILES string of the molecule is Cc1cccnc1[C@@H](N)CO. The Balaban J connectivity index is 2.93. The van der Waals surface area contributed by atoms with Gasteiger partial charge in [0.1, 0.15) is 0 Å². The molecule has 60 valence electrons. The summed E-state index contributed by atoms with van der Waals surface area (Å²) in [6, 6.07) is 3.43. The molecule has 0 spiro atoms. The second kappa shape index (κ2) is 3.46. The molecule has 0 aliphatic rings. The van der Waals surface area contributed by atoms with Crippen LogP contribution >= 0.6 is 0 Å². The molecule has 0 saturated carbocycles. The zero-order valence-electron chi connectivity index (χ0n) is 6.49. The molecule has 0 aromatic carbocycles. The molecule has 0 saturated heterocycles. The van der Waals surface area contributed by atoms with E-state index in [-0.39, 0.29) is 12.6 Å². The van der Waals surface area contributed by atoms with Gasteiger partial charge in [-0.05, 0) is 18.6 Å². The number of aromatic nitrogens is 1. The number of aryl methyl sites for hydroxylation is 1. The largest absolute Gasteiger partial charge is 0.394 e. The molecule has 3 nitrogen and oxygen atoms in total. The zero-order chi connectivity index (χ0) is 8.27. The number of nitrogens with zero attached hydrogens (tertiary/aromatic N) is 1. The summed E-state index contributed by atoms with van der Waals surface area (Å²) in [5.41, 5.74) is 7.38. The smallest absolute Gasteiger partial charge is 0.0707 e. The highest BCUT2D eigenvalue weighted by Gasteiger charge is 2.07. The maximum absolute atomic E-state index is 8.75. The van der Waals surface area contributed by atoms with Crippen molar-refractivity contribution in [3.8, 4) is 0 Å². The normalized spacial score (nSPS) is 13.0. The van der Waals surface area contributed by atoms with Gasteiger partial charge < -0.3 is 10.8 Å². The van der Waals surface area contributed by atoms with E-state index in [0.29, 0.717) is 0 Å². The van der Waals surface area contributed by atoms with E-state index < -0.39 is 0 Å². The van der Waals surface area contributed by atoms with Crippen molar-refractivity contribution in [3.63, 3.8) is 0 Å². The summed E-state index contributed by atoms with van der Waals surface area (Å²) in [7, 11) is 0. The Morgan fingerprint density at radius 3 is 3.00 bits per heavy atom. The summed E-state index contributed by atoms with van der Waals surface area (Å²) in [6.45, 7) is 1.87. The van der Waals surface area contributed by atoms with Gasteiger partial charge in [0.05, 0.1) is 18.3 Å². The summed E-state index contributed by atoms with van der Waals surface area (Å²) >= 11 is 0. The maximum atomic E-state index is 8.75. The number of pyridine rings is 1. The monoisotopic (exact) mass is 152 g/mol. The van der Waals surface area contributed by atoms with Gasteiger partial charge in [0.25, 0.3) is 0 Å². The molecule has 0 bridgehead atoms. The lowest BCUT2D eigenvalue weighted by molar-refractivity contribution is 0.265. The molecule has 1 heterocycles. The molecule has 3 heteroatoms. The Morgan fingerprint density at radius 1 is 1.73 bits per heavy atom. The van der Waals surface area contributed by atoms with Crippen LogP contribution in [0.25, 0.3) is 0 Å². The summed E-state index contributed by atoms with van der Waals surface area (Å²) in [4.78, 5) is 4.06. The molecular weight excluding hydrogens is 140 g/mol. The lowest BCUT2D eigenvalue weighted by Crippen LogP contribution is -2.17. The number of aliphatic hydroxyl groups excluding tert-OH is 1. The zero-order valence-corrected chi connectivity index (χ0v) is 6.49. The van der Waals surface area contributed by atoms with Crippen molar-refractivity contribution < 1.29 is 5.11 Å². The third kappa shape index (κ3) is 1.76. The topological polar surface area (TPSA) is 59.1 Å². The summed E-state index contributed by atoms with van der Waals surface area (Å²) < 4.78 is 0. The molecule has 1 aromatic heterocycles. The van der Waals surface area contributed by atoms with E-state index >= 15 is 0 Å². The Morgan fingerprint density at radius 2 is 2.45 bits per heavy atom. The molecule has 0 amide bonds. The number of rotatable bonds is 2. The minimum atomic E-state index is -0.351. The fourth-order valence-corrected chi connectivity index (χ4v) is 0.973. The van der Waals surface area contributed by atoms with Gasteiger partial charge in [-0.15, -0.1) is 0 Å². The van der Waals surface area contributed by atoms with Crippen molar-refractivity contribution in [3.05, 3.63) is 29.6 Å². The first-order valence-electron chi connectivity index (χ1n) is 3.53. The minimum absolute atomic E-state index is 0.0577. The summed E-state index contributed by atoms with van der Waals surface area (Å²) in [5, 5.41) is 8.75. The molecular formula is C8H12N2O. The highest BCUT2D eigenvalue weighted by Crippen LogP contribution is 2.10. The van der Waals surface area contributed by atoms with Gasteiger partial charge in [-0.3, -0.25) is 4.98 Å². The van der Waals surface area contributed by atoms with Crippen molar-refractivity contribution in [1.29, 1.82) is 0 Å². The Hall–Kier alpha value is -0.930. The van der Waals surface area contributed by atoms with Crippen LogP contribution in [-0.2, 0) is 0 Å². The minimum Gasteiger partial charge on any atom is -0.394 e. The van der Waals surface area contributed by atoms with E-state index in [1.54, 1.807) is 6.20 Å². The standard InChI is InChI=1S/C8H12N2O/c1-6-3-2-4-10-8(6)7(9)5-11/h2-4,7,11H,5,9H2,1H3/t7-/m0/s1. The number of nitrogens with two attached hydrogens (primary N) is 1. The maximum Gasteiger partial charge on any atom is 0.0707 e. The number of hydrogen-bond acceptors (Lipinski definition) is 3. The van der Waals surface area contributed by atoms with Gasteiger partial charge in [-0.2, -0.15) is 0 Å². The van der Waals surface area contributed by atoms with Gasteiger partial charge in [-0.25, -0.2) is 0 Å². The van der Waals surface area contributed by atoms with Gasteiger partial charge in [-0.1, -0.05) is 6.07 Å². The van der Waals surface area contributed by atoms with Crippen molar-refractivity contribution in [1.82, 2.24) is 4.98 Å². The van der Waals surface area contributed by atoms with Crippen LogP contribution in [0.1, 0.15) is 17.3 Å². The van der Waals surface area contributed by atoms with Crippen LogP contribution in [0.2, 0.25) is 0 Å². The average molecular weight is 152 g/mol. The molecule has 0 fully saturated rings. The van der Waals surface area contributed by atoms with E-state index in [0.717, 1.165) is 11.3 Å². The molecule has 3 N–H and O–H groups in total. The molecule has 11 heavy (non-hydrogen) atoms. The van der Waals surface area contributed by atoms with E-state index in [2.05, 4.69) is 4.98 Å². The Bertz CT molecular complexity index is 237. The molecule has 1 rings (SSSR count). The molecule has 1 aromatic rings. The van der Waals surface area contributed by atoms with Crippen LogP contribution in [0, 0.1) is 6.92 Å². The van der Waals surface area contributed by atoms with E-state index in [1.807, 2.05) is 19.1 Å². The van der Waals surface area contributed by atoms with E-state index in [1.165, 1.54) is 0 Å². The average Bonchev–Trinajstić information content (AvgIpc) is 2.04. The summed E-state index contributed by atoms with van der Waals surface area (Å²) in [5.74, 6) is 0. The lowest BCUT2D eigenvalue weighted by Gasteiger charge is -2.09. The first-order chi connectivity index (χ1) is 5.25. The Kier molecular flexibility index (Phi) is 2.57. The second-order valence-corrected chi connectivity index (χ2v) is 2.49. The quantitative estimate of drug-likeness (QED) is 0.644. The van der Waals surface area contributed by atoms with Gasteiger partial charge in [0.15, 0.2) is 0 Å². The van der Waals surface area contributed by atoms with Gasteiger partial charge in [0.2, 0.25) is 0 Å². The number of hydrogen-bond donors (Lipinski definition) is 2. The molecule has 0 aliphatic carbocycles. The molecule has 1 atom stereocenters. The van der Waals surface area contributed by atoms with Crippen molar-refractivity contribution in [2.24, 2.45) is 5.73 Å². The van der Waals surface area contributed by atoms with Crippen LogP contribution in [0.5, 0.6) is 0 Å². The summed E-state index contributed by atoms with van der Waals surface area (Å²) in [6.07, 6.45) is 1.68. The molecule has 0 radical (unpaired) electrons. The first-order valence-corrected chi connectivity index (χ1v) is 3.53. The number of aliphatic hydroxyl groups is 1. The van der Waals surface area contributed by atoms with Crippen LogP contribution in [0.3, 0.4) is 0 Å². The third-order valence-corrected chi connectivity index (χ3v) is 1.60. The predicted molar refractivity (Wildman–Crippen MR) is 43.0 cm³/mol. The van der Waals surface area contributed by atoms with Gasteiger partial charge in [0, 0.05) is 6.20 Å². The molecule has 0 unspecified atom stereocenters. The fourth-order valence-electron chi connectivity index (χ4n) is 0.973. The van der Waals surface area contributed by atoms with Crippen LogP contribution in [-0.4, -0.2) is 16.7 Å². The van der Waals surface area contributed by atoms with Crippen molar-refractivity contribution in [2.75, 3.05) is 6.61 Å².